The van der Waals surface area contributed by atoms with E-state index in [2.05, 4.69) is 0 Å². The predicted molar refractivity (Wildman–Crippen MR) is 76.6 cm³/mol. The summed E-state index contributed by atoms with van der Waals surface area (Å²) in [5.41, 5.74) is 7.91. The molecule has 94 valence electrons. The minimum atomic E-state index is -0.759. The van der Waals surface area contributed by atoms with Gasteiger partial charge in [0.15, 0.2) is 0 Å². The first-order chi connectivity index (χ1) is 7.72. The summed E-state index contributed by atoms with van der Waals surface area (Å²) in [6.45, 7) is 6.09. The van der Waals surface area contributed by atoms with Crippen LogP contribution in [0.25, 0.3) is 0 Å². The van der Waals surface area contributed by atoms with Gasteiger partial charge in [-0.25, -0.2) is 0 Å². The summed E-state index contributed by atoms with van der Waals surface area (Å²) in [5.74, 6) is 0. The van der Waals surface area contributed by atoms with Gasteiger partial charge in [-0.05, 0) is 32.4 Å². The van der Waals surface area contributed by atoms with Crippen LogP contribution in [0.1, 0.15) is 25.0 Å². The first-order valence-corrected chi connectivity index (χ1v) is 5.96. The molecule has 3 nitrogen and oxygen atoms in total. The molecule has 0 saturated carbocycles. The molecule has 4 heteroatoms. The molecule has 1 rings (SSSR count). The highest BCUT2D eigenvalue weighted by atomic mass is 32.1. The van der Waals surface area contributed by atoms with Crippen LogP contribution < -0.4 is 10.6 Å². The SMILES string of the molecule is Cc1cccc(C(N)=S)c1N(C)CC(C)(C)O. The molecule has 0 aliphatic heterocycles. The highest BCUT2D eigenvalue weighted by Gasteiger charge is 2.19. The second-order valence-corrected chi connectivity index (χ2v) is 5.44. The Labute approximate surface area is 108 Å². The lowest BCUT2D eigenvalue weighted by Gasteiger charge is -2.30. The van der Waals surface area contributed by atoms with E-state index in [0.717, 1.165) is 16.8 Å². The average Bonchev–Trinajstić information content (AvgIpc) is 2.13. The fourth-order valence-electron chi connectivity index (χ4n) is 2.02. The van der Waals surface area contributed by atoms with E-state index < -0.39 is 5.60 Å². The molecule has 0 saturated heterocycles. The zero-order valence-corrected chi connectivity index (χ0v) is 11.6. The van der Waals surface area contributed by atoms with Crippen molar-refractivity contribution in [3.05, 3.63) is 29.3 Å². The predicted octanol–water partition coefficient (Wildman–Crippen LogP) is 1.84. The maximum atomic E-state index is 9.86. The lowest BCUT2D eigenvalue weighted by Crippen LogP contribution is -2.37. The lowest BCUT2D eigenvalue weighted by atomic mass is 10.0. The molecule has 0 bridgehead atoms. The van der Waals surface area contributed by atoms with Crippen molar-refractivity contribution in [2.75, 3.05) is 18.5 Å². The standard InChI is InChI=1S/C13H20N2OS/c1-9-6-5-7-10(12(14)17)11(9)15(4)8-13(2,3)16/h5-7,16H,8H2,1-4H3,(H2,14,17). The third kappa shape index (κ3) is 3.68. The highest BCUT2D eigenvalue weighted by Crippen LogP contribution is 2.25. The van der Waals surface area contributed by atoms with Crippen LogP contribution in [0.2, 0.25) is 0 Å². The maximum absolute atomic E-state index is 9.86. The van der Waals surface area contributed by atoms with Gasteiger partial charge in [-0.15, -0.1) is 0 Å². The van der Waals surface area contributed by atoms with Gasteiger partial charge in [0.05, 0.1) is 5.60 Å². The molecule has 1 aromatic carbocycles. The van der Waals surface area contributed by atoms with Gasteiger partial charge in [0.25, 0.3) is 0 Å². The Morgan fingerprint density at radius 2 is 2.06 bits per heavy atom. The largest absolute Gasteiger partial charge is 0.389 e. The van der Waals surface area contributed by atoms with Gasteiger partial charge in [-0.2, -0.15) is 0 Å². The van der Waals surface area contributed by atoms with Gasteiger partial charge in [0, 0.05) is 24.8 Å². The summed E-state index contributed by atoms with van der Waals surface area (Å²) < 4.78 is 0. The molecule has 0 aliphatic rings. The maximum Gasteiger partial charge on any atom is 0.106 e. The number of hydrogen-bond donors (Lipinski definition) is 2. The molecule has 17 heavy (non-hydrogen) atoms. The summed E-state index contributed by atoms with van der Waals surface area (Å²) in [7, 11) is 1.93. The minimum Gasteiger partial charge on any atom is -0.389 e. The number of anilines is 1. The lowest BCUT2D eigenvalue weighted by molar-refractivity contribution is 0.0886. The molecule has 0 aromatic heterocycles. The first kappa shape index (κ1) is 13.9. The van der Waals surface area contributed by atoms with Crippen LogP contribution in [-0.2, 0) is 0 Å². The Morgan fingerprint density at radius 3 is 2.53 bits per heavy atom. The van der Waals surface area contributed by atoms with Crippen LogP contribution in [0.3, 0.4) is 0 Å². The van der Waals surface area contributed by atoms with Gasteiger partial charge >= 0.3 is 0 Å². The van der Waals surface area contributed by atoms with E-state index in [0.29, 0.717) is 11.5 Å². The van der Waals surface area contributed by atoms with Crippen molar-refractivity contribution in [1.29, 1.82) is 0 Å². The van der Waals surface area contributed by atoms with E-state index in [-0.39, 0.29) is 0 Å². The van der Waals surface area contributed by atoms with Gasteiger partial charge in [-0.1, -0.05) is 24.4 Å². The van der Waals surface area contributed by atoms with Crippen molar-refractivity contribution < 1.29 is 5.11 Å². The van der Waals surface area contributed by atoms with Gasteiger partial charge in [0.1, 0.15) is 4.99 Å². The third-order valence-corrected chi connectivity index (χ3v) is 2.73. The number of likely N-dealkylation sites (N-methyl/N-ethyl adjacent to an activating group) is 1. The molecular formula is C13H20N2OS. The Bertz CT molecular complexity index is 424. The second-order valence-electron chi connectivity index (χ2n) is 5.00. The van der Waals surface area contributed by atoms with Gasteiger partial charge in [-0.3, -0.25) is 0 Å². The summed E-state index contributed by atoms with van der Waals surface area (Å²) >= 11 is 5.06. The Morgan fingerprint density at radius 1 is 1.47 bits per heavy atom. The van der Waals surface area contributed by atoms with E-state index in [1.54, 1.807) is 13.8 Å². The van der Waals surface area contributed by atoms with E-state index in [4.69, 9.17) is 18.0 Å². The summed E-state index contributed by atoms with van der Waals surface area (Å²) in [6, 6.07) is 5.86. The van der Waals surface area contributed by atoms with E-state index in [1.165, 1.54) is 0 Å². The number of aryl methyl sites for hydroxylation is 1. The number of rotatable bonds is 4. The normalized spacial score (nSPS) is 11.4. The molecule has 1 aromatic rings. The van der Waals surface area contributed by atoms with E-state index >= 15 is 0 Å². The Balaban J connectivity index is 3.16. The number of benzene rings is 1. The minimum absolute atomic E-state index is 0.381. The molecule has 0 unspecified atom stereocenters. The highest BCUT2D eigenvalue weighted by molar-refractivity contribution is 7.80. The van der Waals surface area contributed by atoms with Crippen LogP contribution in [0.15, 0.2) is 18.2 Å². The Kier molecular flexibility index (Phi) is 4.11. The van der Waals surface area contributed by atoms with Crippen molar-refractivity contribution in [1.82, 2.24) is 0 Å². The number of thiocarbonyl (C=S) groups is 1. The molecule has 0 heterocycles. The fourth-order valence-corrected chi connectivity index (χ4v) is 2.19. The quantitative estimate of drug-likeness (QED) is 0.803. The van der Waals surface area contributed by atoms with Gasteiger partial charge in [0.2, 0.25) is 0 Å². The number of nitrogens with two attached hydrogens (primary N) is 1. The molecule has 0 fully saturated rings. The molecular weight excluding hydrogens is 232 g/mol. The van der Waals surface area contributed by atoms with Crippen molar-refractivity contribution in [3.63, 3.8) is 0 Å². The molecule has 0 aliphatic carbocycles. The molecule has 0 atom stereocenters. The van der Waals surface area contributed by atoms with Crippen molar-refractivity contribution >= 4 is 22.9 Å². The van der Waals surface area contributed by atoms with Crippen LogP contribution in [-0.4, -0.2) is 29.3 Å². The third-order valence-electron chi connectivity index (χ3n) is 2.51. The van der Waals surface area contributed by atoms with Crippen molar-refractivity contribution in [3.8, 4) is 0 Å². The monoisotopic (exact) mass is 252 g/mol. The van der Waals surface area contributed by atoms with E-state index in [9.17, 15) is 5.11 Å². The average molecular weight is 252 g/mol. The van der Waals surface area contributed by atoms with Crippen molar-refractivity contribution in [2.45, 2.75) is 26.4 Å². The first-order valence-electron chi connectivity index (χ1n) is 5.55. The summed E-state index contributed by atoms with van der Waals surface area (Å²) in [4.78, 5) is 2.37. The second kappa shape index (κ2) is 5.02. The van der Waals surface area contributed by atoms with Crippen LogP contribution >= 0.6 is 12.2 Å². The number of nitrogens with zero attached hydrogens (tertiary/aromatic N) is 1. The smallest absolute Gasteiger partial charge is 0.106 e. The van der Waals surface area contributed by atoms with Crippen LogP contribution in [0, 0.1) is 6.92 Å². The molecule has 0 spiro atoms. The molecule has 3 N–H and O–H groups in total. The van der Waals surface area contributed by atoms with Gasteiger partial charge < -0.3 is 15.7 Å². The Hall–Kier alpha value is -1.13. The molecule has 0 radical (unpaired) electrons. The number of aliphatic hydroxyl groups is 1. The van der Waals surface area contributed by atoms with Crippen LogP contribution in [0.4, 0.5) is 5.69 Å². The zero-order chi connectivity index (χ0) is 13.2. The fraction of sp³-hybridized carbons (Fsp3) is 0.462. The number of para-hydroxylation sites is 1. The zero-order valence-electron chi connectivity index (χ0n) is 10.8. The summed E-state index contributed by atoms with van der Waals surface area (Å²) in [5, 5.41) is 9.86. The number of hydrogen-bond acceptors (Lipinski definition) is 3. The van der Waals surface area contributed by atoms with Crippen molar-refractivity contribution in [2.24, 2.45) is 5.73 Å². The topological polar surface area (TPSA) is 49.5 Å². The van der Waals surface area contributed by atoms with E-state index in [1.807, 2.05) is 37.1 Å². The van der Waals surface area contributed by atoms with Crippen LogP contribution in [0.5, 0.6) is 0 Å². The summed E-state index contributed by atoms with van der Waals surface area (Å²) in [6.07, 6.45) is 0. The molecule has 0 amide bonds.